The van der Waals surface area contributed by atoms with Crippen molar-refractivity contribution in [2.45, 2.75) is 19.5 Å². The van der Waals surface area contributed by atoms with Crippen LogP contribution in [0.15, 0.2) is 65.8 Å². The molecule has 0 aliphatic carbocycles. The highest BCUT2D eigenvalue weighted by atomic mass is 16.5. The lowest BCUT2D eigenvalue weighted by molar-refractivity contribution is 0.414. The molecule has 0 atom stereocenters. The third kappa shape index (κ3) is 4.57. The Hall–Kier alpha value is -2.95. The molecule has 3 rings (SSSR count). The van der Waals surface area contributed by atoms with Crippen LogP contribution in [0.4, 0.5) is 0 Å². The van der Waals surface area contributed by atoms with Crippen LogP contribution in [-0.2, 0) is 13.1 Å². The fourth-order valence-corrected chi connectivity index (χ4v) is 2.98. The highest BCUT2D eigenvalue weighted by Crippen LogP contribution is 2.15. The van der Waals surface area contributed by atoms with Crippen molar-refractivity contribution in [2.75, 3.05) is 20.7 Å². The number of nitrogens with zero attached hydrogens (tertiary/aromatic N) is 2. The number of ether oxygens (including phenoxy) is 1. The fourth-order valence-electron chi connectivity index (χ4n) is 2.98. The molecule has 26 heavy (non-hydrogen) atoms. The summed E-state index contributed by atoms with van der Waals surface area (Å²) in [5, 5.41) is 8.00. The Bertz CT molecular complexity index is 869. The van der Waals surface area contributed by atoms with Crippen LogP contribution < -0.4 is 15.4 Å². The van der Waals surface area contributed by atoms with Gasteiger partial charge in [0.15, 0.2) is 5.96 Å². The van der Waals surface area contributed by atoms with E-state index in [1.54, 1.807) is 14.2 Å². The van der Waals surface area contributed by atoms with E-state index in [1.807, 2.05) is 18.2 Å². The van der Waals surface area contributed by atoms with Gasteiger partial charge in [-0.25, -0.2) is 0 Å². The maximum Gasteiger partial charge on any atom is 0.191 e. The molecule has 0 spiro atoms. The number of aryl methyl sites for hydroxylation is 1. The standard InChI is InChI=1S/C21H26N4O/c1-22-21(24-16-17-7-5-9-19(15-17)26-2)23-12-6-13-25-14-11-18-8-3-4-10-20(18)25/h3-5,7-11,14-15H,6,12-13,16H2,1-2H3,(H2,22,23,24). The molecule has 0 aliphatic heterocycles. The maximum absolute atomic E-state index is 5.26. The number of guanidine groups is 1. The Morgan fingerprint density at radius 1 is 1.08 bits per heavy atom. The molecular weight excluding hydrogens is 324 g/mol. The highest BCUT2D eigenvalue weighted by molar-refractivity contribution is 5.80. The summed E-state index contributed by atoms with van der Waals surface area (Å²) in [6, 6.07) is 18.7. The van der Waals surface area contributed by atoms with Crippen molar-refractivity contribution in [3.05, 3.63) is 66.4 Å². The molecular formula is C21H26N4O. The molecule has 0 bridgehead atoms. The number of benzene rings is 2. The Balaban J connectivity index is 1.44. The molecule has 0 aliphatic rings. The summed E-state index contributed by atoms with van der Waals surface area (Å²) >= 11 is 0. The summed E-state index contributed by atoms with van der Waals surface area (Å²) in [7, 11) is 3.47. The first kappa shape index (κ1) is 17.9. The molecule has 1 heterocycles. The zero-order valence-corrected chi connectivity index (χ0v) is 15.4. The first-order valence-electron chi connectivity index (χ1n) is 8.91. The second-order valence-corrected chi connectivity index (χ2v) is 6.13. The van der Waals surface area contributed by atoms with Crippen molar-refractivity contribution < 1.29 is 4.74 Å². The molecule has 136 valence electrons. The zero-order valence-electron chi connectivity index (χ0n) is 15.4. The van der Waals surface area contributed by atoms with Crippen molar-refractivity contribution in [2.24, 2.45) is 4.99 Å². The van der Waals surface area contributed by atoms with Crippen LogP contribution in [0, 0.1) is 0 Å². The fraction of sp³-hybridized carbons (Fsp3) is 0.286. The number of rotatable bonds is 7. The normalized spacial score (nSPS) is 11.5. The van der Waals surface area contributed by atoms with E-state index in [2.05, 4.69) is 62.8 Å². The van der Waals surface area contributed by atoms with Crippen molar-refractivity contribution in [1.29, 1.82) is 0 Å². The molecule has 2 N–H and O–H groups in total. The van der Waals surface area contributed by atoms with Crippen molar-refractivity contribution in [3.8, 4) is 5.75 Å². The molecule has 3 aromatic rings. The van der Waals surface area contributed by atoms with Gasteiger partial charge < -0.3 is 19.9 Å². The van der Waals surface area contributed by atoms with Gasteiger partial charge >= 0.3 is 0 Å². The summed E-state index contributed by atoms with van der Waals surface area (Å²) in [5.41, 5.74) is 2.44. The van der Waals surface area contributed by atoms with Gasteiger partial charge in [0.25, 0.3) is 0 Å². The smallest absolute Gasteiger partial charge is 0.191 e. The first-order valence-corrected chi connectivity index (χ1v) is 8.91. The number of nitrogens with one attached hydrogen (secondary N) is 2. The third-order valence-electron chi connectivity index (χ3n) is 4.37. The lowest BCUT2D eigenvalue weighted by atomic mass is 10.2. The predicted molar refractivity (Wildman–Crippen MR) is 108 cm³/mol. The number of hydrogen-bond donors (Lipinski definition) is 2. The maximum atomic E-state index is 5.26. The molecule has 0 unspecified atom stereocenters. The number of methoxy groups -OCH3 is 1. The van der Waals surface area contributed by atoms with Gasteiger partial charge in [-0.2, -0.15) is 0 Å². The second kappa shape index (κ2) is 8.94. The van der Waals surface area contributed by atoms with Crippen LogP contribution >= 0.6 is 0 Å². The van der Waals surface area contributed by atoms with E-state index in [4.69, 9.17) is 4.74 Å². The number of aliphatic imine (C=N–C) groups is 1. The van der Waals surface area contributed by atoms with Gasteiger partial charge in [0, 0.05) is 38.4 Å². The first-order chi connectivity index (χ1) is 12.8. The van der Waals surface area contributed by atoms with E-state index in [0.29, 0.717) is 6.54 Å². The average molecular weight is 350 g/mol. The average Bonchev–Trinajstić information content (AvgIpc) is 3.11. The summed E-state index contributed by atoms with van der Waals surface area (Å²) in [4.78, 5) is 4.29. The summed E-state index contributed by atoms with van der Waals surface area (Å²) < 4.78 is 7.55. The lowest BCUT2D eigenvalue weighted by Gasteiger charge is -2.13. The molecule has 5 nitrogen and oxygen atoms in total. The van der Waals surface area contributed by atoms with Gasteiger partial charge in [-0.05, 0) is 41.6 Å². The van der Waals surface area contributed by atoms with Crippen LogP contribution in [0.2, 0.25) is 0 Å². The lowest BCUT2D eigenvalue weighted by Crippen LogP contribution is -2.37. The molecule has 1 aromatic heterocycles. The van der Waals surface area contributed by atoms with E-state index < -0.39 is 0 Å². The number of hydrogen-bond acceptors (Lipinski definition) is 2. The molecule has 0 amide bonds. The Kier molecular flexibility index (Phi) is 6.14. The van der Waals surface area contributed by atoms with Crippen molar-refractivity contribution >= 4 is 16.9 Å². The molecule has 0 fully saturated rings. The quantitative estimate of drug-likeness (QED) is 0.390. The van der Waals surface area contributed by atoms with Gasteiger partial charge in [-0.1, -0.05) is 30.3 Å². The van der Waals surface area contributed by atoms with Crippen LogP contribution in [-0.4, -0.2) is 31.2 Å². The predicted octanol–water partition coefficient (Wildman–Crippen LogP) is 3.41. The Morgan fingerprint density at radius 3 is 2.81 bits per heavy atom. The van der Waals surface area contributed by atoms with Crippen LogP contribution in [0.1, 0.15) is 12.0 Å². The van der Waals surface area contributed by atoms with Crippen LogP contribution in [0.3, 0.4) is 0 Å². The van der Waals surface area contributed by atoms with Gasteiger partial charge in [-0.15, -0.1) is 0 Å². The summed E-state index contributed by atoms with van der Waals surface area (Å²) in [6.45, 7) is 2.55. The van der Waals surface area contributed by atoms with Crippen molar-refractivity contribution in [1.82, 2.24) is 15.2 Å². The van der Waals surface area contributed by atoms with E-state index in [0.717, 1.165) is 36.8 Å². The van der Waals surface area contributed by atoms with Gasteiger partial charge in [0.2, 0.25) is 0 Å². The van der Waals surface area contributed by atoms with E-state index in [1.165, 1.54) is 10.9 Å². The number of fused-ring (bicyclic) bond motifs is 1. The Morgan fingerprint density at radius 2 is 1.96 bits per heavy atom. The van der Waals surface area contributed by atoms with Crippen LogP contribution in [0.5, 0.6) is 5.75 Å². The van der Waals surface area contributed by atoms with Gasteiger partial charge in [0.05, 0.1) is 7.11 Å². The number of aromatic nitrogens is 1. The SMILES string of the molecule is CN=C(NCCCn1ccc2ccccc21)NCc1cccc(OC)c1. The zero-order chi connectivity index (χ0) is 18.2. The van der Waals surface area contributed by atoms with Gasteiger partial charge in [0.1, 0.15) is 5.75 Å². The van der Waals surface area contributed by atoms with E-state index in [-0.39, 0.29) is 0 Å². The summed E-state index contributed by atoms with van der Waals surface area (Å²) in [5.74, 6) is 1.68. The minimum Gasteiger partial charge on any atom is -0.497 e. The topological polar surface area (TPSA) is 50.6 Å². The highest BCUT2D eigenvalue weighted by Gasteiger charge is 2.02. The molecule has 2 aromatic carbocycles. The van der Waals surface area contributed by atoms with E-state index >= 15 is 0 Å². The molecule has 0 radical (unpaired) electrons. The largest absolute Gasteiger partial charge is 0.497 e. The Labute approximate surface area is 154 Å². The van der Waals surface area contributed by atoms with Crippen molar-refractivity contribution in [3.63, 3.8) is 0 Å². The third-order valence-corrected chi connectivity index (χ3v) is 4.37. The second-order valence-electron chi connectivity index (χ2n) is 6.13. The minimum atomic E-state index is 0.707. The van der Waals surface area contributed by atoms with Crippen LogP contribution in [0.25, 0.3) is 10.9 Å². The molecule has 0 saturated heterocycles. The molecule has 0 saturated carbocycles. The molecule has 5 heteroatoms. The van der Waals surface area contributed by atoms with E-state index in [9.17, 15) is 0 Å². The monoisotopic (exact) mass is 350 g/mol. The summed E-state index contributed by atoms with van der Waals surface area (Å²) in [6.07, 6.45) is 3.18. The number of para-hydroxylation sites is 1. The van der Waals surface area contributed by atoms with Gasteiger partial charge in [-0.3, -0.25) is 4.99 Å². The minimum absolute atomic E-state index is 0.707.